The van der Waals surface area contributed by atoms with Crippen LogP contribution >= 0.6 is 0 Å². The fourth-order valence-corrected chi connectivity index (χ4v) is 2.37. The Bertz CT molecular complexity index is 401. The maximum absolute atomic E-state index is 5.85. The topological polar surface area (TPSA) is 22.4 Å². The summed E-state index contributed by atoms with van der Waals surface area (Å²) in [4.78, 5) is 0. The van der Waals surface area contributed by atoms with E-state index in [4.69, 9.17) is 9.15 Å². The third-order valence-corrected chi connectivity index (χ3v) is 3.50. The minimum absolute atomic E-state index is 0.594. The summed E-state index contributed by atoms with van der Waals surface area (Å²) >= 11 is 0. The highest BCUT2D eigenvalue weighted by Crippen LogP contribution is 2.19. The van der Waals surface area contributed by atoms with Crippen molar-refractivity contribution < 1.29 is 9.15 Å². The number of aryl methyl sites for hydroxylation is 2. The number of ether oxygens (including phenoxy) is 1. The summed E-state index contributed by atoms with van der Waals surface area (Å²) in [5.41, 5.74) is 2.55. The fraction of sp³-hybridized carbons (Fsp3) is 0.625. The van der Waals surface area contributed by atoms with Crippen LogP contribution < -0.4 is 0 Å². The van der Waals surface area contributed by atoms with Crippen LogP contribution in [0.5, 0.6) is 0 Å². The average molecular weight is 248 g/mol. The molecule has 0 saturated heterocycles. The molecule has 2 rings (SSSR count). The molecule has 2 heterocycles. The normalized spacial score (nSPS) is 22.0. The van der Waals surface area contributed by atoms with E-state index in [0.29, 0.717) is 6.61 Å². The molecule has 18 heavy (non-hydrogen) atoms. The van der Waals surface area contributed by atoms with Crippen LogP contribution in [0.15, 0.2) is 22.1 Å². The molecule has 100 valence electrons. The summed E-state index contributed by atoms with van der Waals surface area (Å²) in [5.74, 6) is 2.12. The van der Waals surface area contributed by atoms with Gasteiger partial charge in [0, 0.05) is 6.42 Å². The monoisotopic (exact) mass is 248 g/mol. The molecule has 0 radical (unpaired) electrons. The maximum atomic E-state index is 5.85. The first-order chi connectivity index (χ1) is 8.75. The van der Waals surface area contributed by atoms with Gasteiger partial charge in [-0.25, -0.2) is 0 Å². The van der Waals surface area contributed by atoms with E-state index in [1.807, 2.05) is 0 Å². The Morgan fingerprint density at radius 3 is 2.72 bits per heavy atom. The van der Waals surface area contributed by atoms with Gasteiger partial charge >= 0.3 is 0 Å². The number of fused-ring (bicyclic) bond motifs is 2. The molecule has 1 aliphatic rings. The van der Waals surface area contributed by atoms with Crippen molar-refractivity contribution in [2.24, 2.45) is 0 Å². The van der Waals surface area contributed by atoms with Crippen LogP contribution in [-0.4, -0.2) is 6.61 Å². The van der Waals surface area contributed by atoms with Gasteiger partial charge in [0.05, 0.1) is 6.61 Å². The maximum Gasteiger partial charge on any atom is 0.132 e. The van der Waals surface area contributed by atoms with Crippen molar-refractivity contribution in [3.05, 3.63) is 34.8 Å². The highest BCUT2D eigenvalue weighted by atomic mass is 16.5. The quantitative estimate of drug-likeness (QED) is 0.628. The van der Waals surface area contributed by atoms with Crippen molar-refractivity contribution in [1.29, 1.82) is 0 Å². The molecular formula is C16H24O2. The van der Waals surface area contributed by atoms with Gasteiger partial charge in [-0.15, -0.1) is 0 Å². The highest BCUT2D eigenvalue weighted by Gasteiger charge is 2.08. The van der Waals surface area contributed by atoms with Gasteiger partial charge in [-0.2, -0.15) is 0 Å². The fourth-order valence-electron chi connectivity index (χ4n) is 2.37. The van der Waals surface area contributed by atoms with Crippen molar-refractivity contribution >= 4 is 0 Å². The summed E-state index contributed by atoms with van der Waals surface area (Å²) in [6, 6.07) is 2.17. The number of allylic oxidation sites excluding steroid dienone is 1. The van der Waals surface area contributed by atoms with Crippen LogP contribution in [0.2, 0.25) is 0 Å². The van der Waals surface area contributed by atoms with E-state index in [1.165, 1.54) is 43.2 Å². The molecule has 0 saturated carbocycles. The zero-order valence-electron chi connectivity index (χ0n) is 11.6. The minimum Gasteiger partial charge on any atom is -0.463 e. The molecule has 0 aliphatic carbocycles. The molecule has 1 aliphatic heterocycles. The van der Waals surface area contributed by atoms with Crippen molar-refractivity contribution in [2.45, 2.75) is 59.0 Å². The van der Waals surface area contributed by atoms with Crippen molar-refractivity contribution in [3.63, 3.8) is 0 Å². The molecule has 0 unspecified atom stereocenters. The van der Waals surface area contributed by atoms with E-state index in [-0.39, 0.29) is 0 Å². The van der Waals surface area contributed by atoms with Crippen molar-refractivity contribution in [1.82, 2.24) is 0 Å². The van der Waals surface area contributed by atoms with E-state index >= 15 is 0 Å². The average Bonchev–Trinajstić information content (AvgIpc) is 2.68. The van der Waals surface area contributed by atoms with Crippen LogP contribution in [0.25, 0.3) is 0 Å². The first-order valence-corrected chi connectivity index (χ1v) is 7.07. The summed E-state index contributed by atoms with van der Waals surface area (Å²) < 4.78 is 11.6. The Kier molecular flexibility index (Phi) is 5.06. The Hall–Kier alpha value is -1.02. The highest BCUT2D eigenvalue weighted by molar-refractivity contribution is 5.19. The molecule has 1 aromatic heterocycles. The van der Waals surface area contributed by atoms with E-state index in [2.05, 4.69) is 26.0 Å². The third-order valence-electron chi connectivity index (χ3n) is 3.50. The summed E-state index contributed by atoms with van der Waals surface area (Å²) in [5, 5.41) is 0. The van der Waals surface area contributed by atoms with Crippen LogP contribution in [0.4, 0.5) is 0 Å². The molecule has 0 atom stereocenters. The molecule has 0 aromatic carbocycles. The van der Waals surface area contributed by atoms with Crippen molar-refractivity contribution in [2.75, 3.05) is 6.61 Å². The molecule has 1 aromatic rings. The van der Waals surface area contributed by atoms with Gasteiger partial charge in [0.1, 0.15) is 18.1 Å². The number of rotatable bonds is 0. The Labute approximate surface area is 110 Å². The van der Waals surface area contributed by atoms with E-state index in [9.17, 15) is 0 Å². The second-order valence-corrected chi connectivity index (χ2v) is 5.32. The molecule has 0 N–H and O–H groups in total. The lowest BCUT2D eigenvalue weighted by atomic mass is 10.1. The van der Waals surface area contributed by atoms with Crippen LogP contribution in [0, 0.1) is 6.92 Å². The van der Waals surface area contributed by atoms with E-state index < -0.39 is 0 Å². The van der Waals surface area contributed by atoms with Gasteiger partial charge in [0.25, 0.3) is 0 Å². The summed E-state index contributed by atoms with van der Waals surface area (Å²) in [6.45, 7) is 5.56. The van der Waals surface area contributed by atoms with Crippen LogP contribution in [0.3, 0.4) is 0 Å². The lowest BCUT2D eigenvalue weighted by Crippen LogP contribution is -1.97. The van der Waals surface area contributed by atoms with Gasteiger partial charge in [-0.3, -0.25) is 0 Å². The Morgan fingerprint density at radius 1 is 1.00 bits per heavy atom. The van der Waals surface area contributed by atoms with Crippen LogP contribution in [0.1, 0.15) is 56.1 Å². The summed E-state index contributed by atoms with van der Waals surface area (Å²) in [7, 11) is 0. The van der Waals surface area contributed by atoms with Gasteiger partial charge in [0.2, 0.25) is 0 Å². The van der Waals surface area contributed by atoms with E-state index in [1.54, 1.807) is 0 Å². The van der Waals surface area contributed by atoms with E-state index in [0.717, 1.165) is 24.5 Å². The van der Waals surface area contributed by atoms with Crippen molar-refractivity contribution in [3.8, 4) is 0 Å². The molecule has 2 bridgehead atoms. The Balaban J connectivity index is 2.01. The number of hydrogen-bond donors (Lipinski definition) is 0. The predicted octanol–water partition coefficient (Wildman–Crippen LogP) is 4.56. The minimum atomic E-state index is 0.594. The molecule has 0 amide bonds. The smallest absolute Gasteiger partial charge is 0.132 e. The Morgan fingerprint density at radius 2 is 1.83 bits per heavy atom. The second kappa shape index (κ2) is 6.79. The van der Waals surface area contributed by atoms with Gasteiger partial charge < -0.3 is 9.15 Å². The zero-order valence-corrected chi connectivity index (χ0v) is 11.6. The SMILES string of the molecule is C/C1=C\CCCCCCc2cc(C)c(o2)COC1. The lowest BCUT2D eigenvalue weighted by Gasteiger charge is -2.05. The third kappa shape index (κ3) is 4.02. The molecule has 0 spiro atoms. The van der Waals surface area contributed by atoms with Gasteiger partial charge in [0.15, 0.2) is 0 Å². The number of furan rings is 1. The first kappa shape index (κ1) is 13.4. The van der Waals surface area contributed by atoms with Crippen LogP contribution in [-0.2, 0) is 17.8 Å². The van der Waals surface area contributed by atoms with Gasteiger partial charge in [-0.05, 0) is 44.7 Å². The largest absolute Gasteiger partial charge is 0.463 e. The number of hydrogen-bond acceptors (Lipinski definition) is 2. The lowest BCUT2D eigenvalue weighted by molar-refractivity contribution is 0.124. The first-order valence-electron chi connectivity index (χ1n) is 7.07. The molecule has 2 heteroatoms. The standard InChI is InChI=1S/C16H24O2/c1-13-8-6-4-3-5-7-9-15-10-14(2)16(18-15)12-17-11-13/h8,10H,3-7,9,11-12H2,1-2H3/b13-8+. The summed E-state index contributed by atoms with van der Waals surface area (Å²) in [6.07, 6.45) is 9.71. The molecule has 2 nitrogen and oxygen atoms in total. The second-order valence-electron chi connectivity index (χ2n) is 5.32. The molecular weight excluding hydrogens is 224 g/mol. The molecule has 0 fully saturated rings. The predicted molar refractivity (Wildman–Crippen MR) is 73.6 cm³/mol. The zero-order chi connectivity index (χ0) is 12.8. The van der Waals surface area contributed by atoms with Gasteiger partial charge in [-0.1, -0.05) is 24.5 Å².